The van der Waals surface area contributed by atoms with Gasteiger partial charge in [-0.2, -0.15) is 0 Å². The van der Waals surface area contributed by atoms with Crippen LogP contribution in [0.15, 0.2) is 42.5 Å². The molecule has 1 aliphatic heterocycles. The molecule has 0 fully saturated rings. The van der Waals surface area contributed by atoms with Gasteiger partial charge >= 0.3 is 0 Å². The van der Waals surface area contributed by atoms with Crippen molar-refractivity contribution in [3.05, 3.63) is 65.0 Å². The van der Waals surface area contributed by atoms with Gasteiger partial charge in [0.1, 0.15) is 17.7 Å². The Kier molecular flexibility index (Phi) is 3.90. The lowest BCUT2D eigenvalue weighted by Crippen LogP contribution is -2.45. The molecule has 0 spiro atoms. The predicted octanol–water partition coefficient (Wildman–Crippen LogP) is 6.20. The highest BCUT2D eigenvalue weighted by molar-refractivity contribution is 6.74. The first-order chi connectivity index (χ1) is 12.2. The Morgan fingerprint density at radius 3 is 2.54 bits per heavy atom. The Bertz CT molecular complexity index is 895. The molecule has 0 saturated heterocycles. The number of fused-ring (bicyclic) bond motifs is 4. The van der Waals surface area contributed by atoms with Gasteiger partial charge in [0.25, 0.3) is 0 Å². The van der Waals surface area contributed by atoms with E-state index in [2.05, 4.69) is 52.1 Å². The fourth-order valence-corrected chi connectivity index (χ4v) is 4.66. The largest absolute Gasteiger partial charge is 0.482 e. The van der Waals surface area contributed by atoms with Crippen LogP contribution in [-0.2, 0) is 4.43 Å². The maximum atomic E-state index is 13.8. The average Bonchev–Trinajstić information content (AvgIpc) is 2.91. The first-order valence-corrected chi connectivity index (χ1v) is 12.0. The third-order valence-corrected chi connectivity index (χ3v) is 10.4. The predicted molar refractivity (Wildman–Crippen MR) is 106 cm³/mol. The van der Waals surface area contributed by atoms with E-state index in [4.69, 9.17) is 9.16 Å². The van der Waals surface area contributed by atoms with Crippen LogP contribution in [0.4, 0.5) is 4.39 Å². The van der Waals surface area contributed by atoms with Gasteiger partial charge in [-0.05, 0) is 53.5 Å². The second kappa shape index (κ2) is 5.79. The first-order valence-electron chi connectivity index (χ1n) is 9.12. The van der Waals surface area contributed by atoms with Gasteiger partial charge in [0.15, 0.2) is 14.4 Å². The quantitative estimate of drug-likeness (QED) is 0.587. The summed E-state index contributed by atoms with van der Waals surface area (Å²) in [5.74, 6) is 0.494. The molecule has 2 aliphatic rings. The highest BCUT2D eigenvalue weighted by atomic mass is 28.4. The van der Waals surface area contributed by atoms with Crippen LogP contribution in [-0.4, -0.2) is 14.4 Å². The Morgan fingerprint density at radius 1 is 1.08 bits per heavy atom. The van der Waals surface area contributed by atoms with Crippen molar-refractivity contribution in [1.82, 2.24) is 0 Å². The topological polar surface area (TPSA) is 18.5 Å². The van der Waals surface area contributed by atoms with E-state index in [1.165, 1.54) is 6.07 Å². The summed E-state index contributed by atoms with van der Waals surface area (Å²) in [5.41, 5.74) is 4.14. The van der Waals surface area contributed by atoms with Crippen LogP contribution in [0.5, 0.6) is 5.75 Å². The lowest BCUT2D eigenvalue weighted by atomic mass is 9.86. The van der Waals surface area contributed by atoms with Gasteiger partial charge in [-0.25, -0.2) is 4.39 Å². The van der Waals surface area contributed by atoms with Crippen molar-refractivity contribution in [3.63, 3.8) is 0 Å². The molecule has 0 bridgehead atoms. The SMILES string of the molecule is CC(C)(C)[Si](C)(C)O[C@@H]1c2ccccc2C=C2c3cc(F)ccc3O[C@H]21. The van der Waals surface area contributed by atoms with Gasteiger partial charge in [0.05, 0.1) is 0 Å². The van der Waals surface area contributed by atoms with Gasteiger partial charge in [-0.3, -0.25) is 0 Å². The van der Waals surface area contributed by atoms with Crippen molar-refractivity contribution >= 4 is 20.0 Å². The van der Waals surface area contributed by atoms with Crippen molar-refractivity contribution < 1.29 is 13.6 Å². The van der Waals surface area contributed by atoms with Crippen LogP contribution in [0.1, 0.15) is 43.6 Å². The molecule has 4 rings (SSSR count). The van der Waals surface area contributed by atoms with Gasteiger partial charge in [-0.15, -0.1) is 0 Å². The number of halogens is 1. The second-order valence-electron chi connectivity index (χ2n) is 8.71. The summed E-state index contributed by atoms with van der Waals surface area (Å²) in [6.07, 6.45) is 1.72. The lowest BCUT2D eigenvalue weighted by molar-refractivity contribution is 0.0834. The maximum Gasteiger partial charge on any atom is 0.193 e. The van der Waals surface area contributed by atoms with E-state index in [9.17, 15) is 4.39 Å². The van der Waals surface area contributed by atoms with E-state index < -0.39 is 8.32 Å². The Labute approximate surface area is 155 Å². The third kappa shape index (κ3) is 2.72. The molecule has 0 radical (unpaired) electrons. The summed E-state index contributed by atoms with van der Waals surface area (Å²) in [4.78, 5) is 0. The number of hydrogen-bond acceptors (Lipinski definition) is 2. The molecule has 0 amide bonds. The molecule has 0 aromatic heterocycles. The highest BCUT2D eigenvalue weighted by Gasteiger charge is 2.46. The zero-order valence-electron chi connectivity index (χ0n) is 16.0. The molecular weight excluding hydrogens is 343 g/mol. The zero-order chi connectivity index (χ0) is 18.7. The summed E-state index contributed by atoms with van der Waals surface area (Å²) >= 11 is 0. The minimum absolute atomic E-state index is 0.0980. The highest BCUT2D eigenvalue weighted by Crippen LogP contribution is 2.50. The fourth-order valence-electron chi connectivity index (χ4n) is 3.42. The molecule has 0 saturated carbocycles. The molecule has 2 atom stereocenters. The molecule has 1 heterocycles. The van der Waals surface area contributed by atoms with Crippen molar-refractivity contribution in [2.75, 3.05) is 0 Å². The number of benzene rings is 2. The number of ether oxygens (including phenoxy) is 1. The van der Waals surface area contributed by atoms with Crippen LogP contribution in [0.2, 0.25) is 18.1 Å². The van der Waals surface area contributed by atoms with E-state index in [-0.39, 0.29) is 23.1 Å². The second-order valence-corrected chi connectivity index (χ2v) is 13.5. The molecule has 2 aromatic carbocycles. The van der Waals surface area contributed by atoms with Gasteiger partial charge < -0.3 is 9.16 Å². The Hall–Kier alpha value is -1.91. The van der Waals surface area contributed by atoms with Gasteiger partial charge in [-0.1, -0.05) is 45.0 Å². The molecule has 2 nitrogen and oxygen atoms in total. The first kappa shape index (κ1) is 17.5. The van der Waals surface area contributed by atoms with Crippen molar-refractivity contribution in [1.29, 1.82) is 0 Å². The molecule has 1 aliphatic carbocycles. The molecular formula is C22H25FO2Si. The molecule has 4 heteroatoms. The summed E-state index contributed by atoms with van der Waals surface area (Å²) in [6.45, 7) is 11.2. The van der Waals surface area contributed by atoms with Crippen molar-refractivity contribution in [2.45, 2.75) is 51.1 Å². The molecule has 26 heavy (non-hydrogen) atoms. The molecule has 2 aromatic rings. The number of rotatable bonds is 2. The zero-order valence-corrected chi connectivity index (χ0v) is 17.0. The maximum absolute atomic E-state index is 13.8. The van der Waals surface area contributed by atoms with E-state index in [0.29, 0.717) is 0 Å². The van der Waals surface area contributed by atoms with Crippen molar-refractivity contribution in [2.24, 2.45) is 0 Å². The van der Waals surface area contributed by atoms with E-state index in [0.717, 1.165) is 28.0 Å². The van der Waals surface area contributed by atoms with Crippen LogP contribution < -0.4 is 4.74 Å². The smallest absolute Gasteiger partial charge is 0.193 e. The van der Waals surface area contributed by atoms with Gasteiger partial charge in [0, 0.05) is 11.1 Å². The normalized spacial score (nSPS) is 21.4. The van der Waals surface area contributed by atoms with Crippen molar-refractivity contribution in [3.8, 4) is 5.75 Å². The van der Waals surface area contributed by atoms with Crippen LogP contribution in [0.25, 0.3) is 11.6 Å². The molecule has 0 N–H and O–H groups in total. The van der Waals surface area contributed by atoms with Crippen LogP contribution in [0.3, 0.4) is 0 Å². The Morgan fingerprint density at radius 2 is 1.81 bits per heavy atom. The van der Waals surface area contributed by atoms with E-state index in [1.54, 1.807) is 12.1 Å². The Balaban J connectivity index is 1.82. The standard InChI is InChI=1S/C22H25FO2Si/c1-22(2,3)26(4,5)25-21-16-9-7-6-8-14(16)12-18-17-13-15(23)10-11-19(17)24-20(18)21/h6-13,20-21H,1-5H3/t20-,21-/m1/s1. The lowest BCUT2D eigenvalue weighted by Gasteiger charge is -2.42. The van der Waals surface area contributed by atoms with E-state index >= 15 is 0 Å². The molecule has 0 unspecified atom stereocenters. The summed E-state index contributed by atoms with van der Waals surface area (Å²) in [5, 5.41) is 0.0980. The summed E-state index contributed by atoms with van der Waals surface area (Å²) in [7, 11) is -2.02. The van der Waals surface area contributed by atoms with Crippen LogP contribution >= 0.6 is 0 Å². The van der Waals surface area contributed by atoms with Crippen LogP contribution in [0, 0.1) is 5.82 Å². The average molecular weight is 369 g/mol. The summed E-state index contributed by atoms with van der Waals surface area (Å²) in [6, 6.07) is 13.0. The van der Waals surface area contributed by atoms with E-state index in [1.807, 2.05) is 12.1 Å². The third-order valence-electron chi connectivity index (χ3n) is 5.93. The fraction of sp³-hybridized carbons (Fsp3) is 0.364. The number of hydrogen-bond donors (Lipinski definition) is 0. The minimum Gasteiger partial charge on any atom is -0.482 e. The molecule has 136 valence electrons. The minimum atomic E-state index is -2.02. The monoisotopic (exact) mass is 368 g/mol. The summed E-state index contributed by atoms with van der Waals surface area (Å²) < 4.78 is 26.9. The van der Waals surface area contributed by atoms with Gasteiger partial charge in [0.2, 0.25) is 0 Å².